The summed E-state index contributed by atoms with van der Waals surface area (Å²) < 4.78 is 32.0. The molecule has 0 aromatic heterocycles. The zero-order valence-electron chi connectivity index (χ0n) is 16.8. The van der Waals surface area contributed by atoms with Gasteiger partial charge >= 0.3 is 5.97 Å². The molecule has 0 aromatic rings. The molecule has 7 heteroatoms. The van der Waals surface area contributed by atoms with Crippen LogP contribution in [0.1, 0.15) is 34.1 Å². The largest absolute Gasteiger partial charge is 0.460 e. The average molecular weight is 376 g/mol. The van der Waals surface area contributed by atoms with E-state index in [-0.39, 0.29) is 12.2 Å². The van der Waals surface area contributed by atoms with Gasteiger partial charge in [-0.15, -0.1) is 0 Å². The third-order valence-electron chi connectivity index (χ3n) is 3.50. The van der Waals surface area contributed by atoms with Crippen LogP contribution in [0.5, 0.6) is 0 Å². The quantitative estimate of drug-likeness (QED) is 0.207. The van der Waals surface area contributed by atoms with Crippen molar-refractivity contribution >= 4 is 5.97 Å². The lowest BCUT2D eigenvalue weighted by Crippen LogP contribution is -2.25. The molecular formula is C19H36O7. The third kappa shape index (κ3) is 16.5. The first-order valence-corrected chi connectivity index (χ1v) is 9.16. The standard InChI is InChI=1S/C19H36O7/c1-6-19(4,5)26-16-14-24-12-10-22-8-7-21-9-11-23-13-15-25-18(20)17(2)3/h2,6-16H2,1,3-5H3. The highest BCUT2D eigenvalue weighted by Gasteiger charge is 2.14. The molecule has 154 valence electrons. The average Bonchev–Trinajstić information content (AvgIpc) is 2.60. The molecule has 0 saturated carbocycles. The van der Waals surface area contributed by atoms with Gasteiger partial charge in [0.2, 0.25) is 0 Å². The predicted octanol–water partition coefficient (Wildman–Crippen LogP) is 2.38. The van der Waals surface area contributed by atoms with E-state index in [9.17, 15) is 4.79 Å². The fourth-order valence-electron chi connectivity index (χ4n) is 1.56. The van der Waals surface area contributed by atoms with Crippen molar-refractivity contribution in [2.45, 2.75) is 39.7 Å². The summed E-state index contributed by atoms with van der Waals surface area (Å²) in [6.07, 6.45) is 0.976. The molecule has 0 atom stereocenters. The molecule has 0 N–H and O–H groups in total. The molecule has 0 bridgehead atoms. The van der Waals surface area contributed by atoms with Crippen LogP contribution in [0.4, 0.5) is 0 Å². The maximum Gasteiger partial charge on any atom is 0.333 e. The molecule has 0 rings (SSSR count). The van der Waals surface area contributed by atoms with E-state index in [0.717, 1.165) is 6.42 Å². The summed E-state index contributed by atoms with van der Waals surface area (Å²) in [6, 6.07) is 0. The van der Waals surface area contributed by atoms with Crippen LogP contribution in [0.25, 0.3) is 0 Å². The maximum absolute atomic E-state index is 11.1. The van der Waals surface area contributed by atoms with Crippen molar-refractivity contribution in [3.63, 3.8) is 0 Å². The Morgan fingerprint density at radius 3 is 1.54 bits per heavy atom. The molecular weight excluding hydrogens is 340 g/mol. The van der Waals surface area contributed by atoms with Crippen LogP contribution in [-0.2, 0) is 33.2 Å². The van der Waals surface area contributed by atoms with Crippen LogP contribution in [0.2, 0.25) is 0 Å². The Hall–Kier alpha value is -0.990. The van der Waals surface area contributed by atoms with Crippen LogP contribution >= 0.6 is 0 Å². The number of hydrogen-bond acceptors (Lipinski definition) is 7. The second-order valence-electron chi connectivity index (χ2n) is 6.33. The summed E-state index contributed by atoms with van der Waals surface area (Å²) in [5.74, 6) is -0.400. The van der Waals surface area contributed by atoms with Gasteiger partial charge in [-0.2, -0.15) is 0 Å². The smallest absolute Gasteiger partial charge is 0.333 e. The Kier molecular flexibility index (Phi) is 15.6. The summed E-state index contributed by atoms with van der Waals surface area (Å²) in [5, 5.41) is 0. The van der Waals surface area contributed by atoms with Crippen molar-refractivity contribution in [1.29, 1.82) is 0 Å². The van der Waals surface area contributed by atoms with Gasteiger partial charge in [0, 0.05) is 5.57 Å². The summed E-state index contributed by atoms with van der Waals surface area (Å²) >= 11 is 0. The van der Waals surface area contributed by atoms with Gasteiger partial charge in [0.05, 0.1) is 65.1 Å². The molecule has 0 aliphatic rings. The first-order valence-electron chi connectivity index (χ1n) is 9.16. The van der Waals surface area contributed by atoms with Gasteiger partial charge in [0.1, 0.15) is 6.61 Å². The first-order chi connectivity index (χ1) is 12.4. The fourth-order valence-corrected chi connectivity index (χ4v) is 1.56. The first kappa shape index (κ1) is 25.0. The van der Waals surface area contributed by atoms with Gasteiger partial charge in [-0.05, 0) is 27.2 Å². The molecule has 7 nitrogen and oxygen atoms in total. The van der Waals surface area contributed by atoms with E-state index >= 15 is 0 Å². The van der Waals surface area contributed by atoms with E-state index in [1.54, 1.807) is 6.92 Å². The van der Waals surface area contributed by atoms with Crippen molar-refractivity contribution in [1.82, 2.24) is 0 Å². The Morgan fingerprint density at radius 2 is 1.15 bits per heavy atom. The van der Waals surface area contributed by atoms with E-state index in [2.05, 4.69) is 27.4 Å². The van der Waals surface area contributed by atoms with Gasteiger partial charge in [0.25, 0.3) is 0 Å². The highest BCUT2D eigenvalue weighted by molar-refractivity contribution is 5.86. The van der Waals surface area contributed by atoms with E-state index in [4.69, 9.17) is 28.4 Å². The number of carbonyl (C=O) groups is 1. The number of rotatable bonds is 18. The predicted molar refractivity (Wildman–Crippen MR) is 99.4 cm³/mol. The van der Waals surface area contributed by atoms with Gasteiger partial charge in [-0.1, -0.05) is 13.5 Å². The molecule has 0 radical (unpaired) electrons. The van der Waals surface area contributed by atoms with Crippen molar-refractivity contribution < 1.29 is 33.2 Å². The minimum Gasteiger partial charge on any atom is -0.460 e. The molecule has 0 unspecified atom stereocenters. The molecule has 0 aliphatic heterocycles. The van der Waals surface area contributed by atoms with Crippen LogP contribution in [0.15, 0.2) is 12.2 Å². The second kappa shape index (κ2) is 16.2. The zero-order chi connectivity index (χ0) is 19.7. The fraction of sp³-hybridized carbons (Fsp3) is 0.842. The van der Waals surface area contributed by atoms with E-state index < -0.39 is 5.97 Å². The Labute approximate surface area is 157 Å². The van der Waals surface area contributed by atoms with Gasteiger partial charge < -0.3 is 28.4 Å². The highest BCUT2D eigenvalue weighted by Crippen LogP contribution is 2.12. The molecule has 0 fully saturated rings. The number of esters is 1. The number of carbonyl (C=O) groups excluding carboxylic acids is 1. The molecule has 0 heterocycles. The molecule has 0 spiro atoms. The molecule has 0 aliphatic carbocycles. The number of hydrogen-bond donors (Lipinski definition) is 0. The zero-order valence-corrected chi connectivity index (χ0v) is 16.8. The van der Waals surface area contributed by atoms with Gasteiger partial charge in [-0.3, -0.25) is 0 Å². The lowest BCUT2D eigenvalue weighted by molar-refractivity contribution is -0.140. The summed E-state index contributed by atoms with van der Waals surface area (Å²) in [6.45, 7) is 16.1. The van der Waals surface area contributed by atoms with E-state index in [1.165, 1.54) is 0 Å². The van der Waals surface area contributed by atoms with Crippen LogP contribution < -0.4 is 0 Å². The van der Waals surface area contributed by atoms with Crippen molar-refractivity contribution in [2.24, 2.45) is 0 Å². The molecule has 0 aromatic carbocycles. The van der Waals surface area contributed by atoms with Crippen LogP contribution in [0, 0.1) is 0 Å². The van der Waals surface area contributed by atoms with Gasteiger partial charge in [-0.25, -0.2) is 4.79 Å². The molecule has 0 amide bonds. The van der Waals surface area contributed by atoms with Crippen molar-refractivity contribution in [2.75, 3.05) is 66.1 Å². The lowest BCUT2D eigenvalue weighted by atomic mass is 10.1. The summed E-state index contributed by atoms with van der Waals surface area (Å²) in [4.78, 5) is 11.1. The van der Waals surface area contributed by atoms with Crippen molar-refractivity contribution in [3.05, 3.63) is 12.2 Å². The van der Waals surface area contributed by atoms with Crippen LogP contribution in [0.3, 0.4) is 0 Å². The van der Waals surface area contributed by atoms with Crippen molar-refractivity contribution in [3.8, 4) is 0 Å². The second-order valence-corrected chi connectivity index (χ2v) is 6.33. The molecule has 26 heavy (non-hydrogen) atoms. The Balaban J connectivity index is 3.16. The topological polar surface area (TPSA) is 72.5 Å². The minimum atomic E-state index is -0.400. The third-order valence-corrected chi connectivity index (χ3v) is 3.50. The number of ether oxygens (including phenoxy) is 6. The highest BCUT2D eigenvalue weighted by atomic mass is 16.6. The monoisotopic (exact) mass is 376 g/mol. The van der Waals surface area contributed by atoms with E-state index in [1.807, 2.05) is 0 Å². The lowest BCUT2D eigenvalue weighted by Gasteiger charge is -2.23. The SMILES string of the molecule is C=C(C)C(=O)OCCOCCOCCOCCOCCOC(C)(C)CC. The summed E-state index contributed by atoms with van der Waals surface area (Å²) in [5.41, 5.74) is 0.295. The molecule has 0 saturated heterocycles. The normalized spacial score (nSPS) is 11.5. The summed E-state index contributed by atoms with van der Waals surface area (Å²) in [7, 11) is 0. The van der Waals surface area contributed by atoms with E-state index in [0.29, 0.717) is 65.0 Å². The Morgan fingerprint density at radius 1 is 0.769 bits per heavy atom. The van der Waals surface area contributed by atoms with Gasteiger partial charge in [0.15, 0.2) is 0 Å². The van der Waals surface area contributed by atoms with Crippen LogP contribution in [-0.4, -0.2) is 77.6 Å². The maximum atomic E-state index is 11.1. The Bertz CT molecular complexity index is 369. The minimum absolute atomic E-state index is 0.0873.